The van der Waals surface area contributed by atoms with E-state index in [0.717, 1.165) is 6.92 Å². The molecular weight excluding hydrogens is 891 g/mol. The van der Waals surface area contributed by atoms with Crippen LogP contribution in [0.4, 0.5) is 0 Å². The molecule has 0 radical (unpaired) electrons. The lowest BCUT2D eigenvalue weighted by molar-refractivity contribution is -0.296. The molecule has 4 aliphatic rings. The van der Waals surface area contributed by atoms with Crippen molar-refractivity contribution in [2.24, 2.45) is 22.7 Å². The maximum Gasteiger partial charge on any atom is 0.338 e. The predicted octanol–water partition coefficient (Wildman–Crippen LogP) is 5.11. The molecule has 3 saturated carbocycles. The molecule has 0 heterocycles. The Labute approximate surface area is 400 Å². The molecule has 0 saturated heterocycles. The van der Waals surface area contributed by atoms with Gasteiger partial charge in [-0.1, -0.05) is 80.6 Å². The molecule has 0 spiro atoms. The number of benzene rings is 3. The molecule has 11 unspecified atom stereocenters. The second-order valence-electron chi connectivity index (χ2n) is 20.0. The van der Waals surface area contributed by atoms with Crippen molar-refractivity contribution >= 4 is 41.4 Å². The monoisotopic (exact) mass is 951 g/mol. The Morgan fingerprint density at radius 3 is 1.94 bits per heavy atom. The summed E-state index contributed by atoms with van der Waals surface area (Å²) in [5.41, 5.74) is -8.77. The van der Waals surface area contributed by atoms with Crippen LogP contribution in [-0.4, -0.2) is 111 Å². The van der Waals surface area contributed by atoms with E-state index in [9.17, 15) is 39.3 Å². The highest BCUT2D eigenvalue weighted by molar-refractivity contribution is 5.96. The normalized spacial score (nSPS) is 30.0. The van der Waals surface area contributed by atoms with E-state index >= 15 is 9.59 Å². The fraction of sp³-hybridized carbons (Fsp3) is 0.491. The Kier molecular flexibility index (Phi) is 14.0. The number of fused-ring (bicyclic) bond motifs is 5. The average molecular weight is 952 g/mol. The third kappa shape index (κ3) is 8.92. The van der Waals surface area contributed by atoms with Gasteiger partial charge in [0.1, 0.15) is 35.6 Å². The van der Waals surface area contributed by atoms with Gasteiger partial charge in [0.05, 0.1) is 29.0 Å². The van der Waals surface area contributed by atoms with E-state index in [-0.39, 0.29) is 35.1 Å². The molecular formula is C53H61NO15. The molecule has 2 bridgehead atoms. The molecule has 7 rings (SSSR count). The molecule has 0 aliphatic heterocycles. The number of aliphatic hydroxyl groups is 3. The van der Waals surface area contributed by atoms with E-state index < -0.39 is 130 Å². The van der Waals surface area contributed by atoms with Gasteiger partial charge < -0.3 is 44.3 Å². The first-order valence-electron chi connectivity index (χ1n) is 23.2. The van der Waals surface area contributed by atoms with Gasteiger partial charge in [0.15, 0.2) is 23.8 Å². The first kappa shape index (κ1) is 50.8. The van der Waals surface area contributed by atoms with Gasteiger partial charge in [-0.15, -0.1) is 0 Å². The van der Waals surface area contributed by atoms with Crippen LogP contribution in [0, 0.1) is 22.7 Å². The summed E-state index contributed by atoms with van der Waals surface area (Å²) < 4.78 is 31.5. The number of carbonyl (C=O) groups excluding carboxylic acids is 7. The minimum absolute atomic E-state index is 0.00981. The van der Waals surface area contributed by atoms with Crippen molar-refractivity contribution < 1.29 is 72.6 Å². The number of amides is 1. The highest BCUT2D eigenvalue weighted by Crippen LogP contribution is 2.67. The summed E-state index contributed by atoms with van der Waals surface area (Å²) in [5.74, 6) is -8.01. The van der Waals surface area contributed by atoms with Crippen LogP contribution in [0.5, 0.6) is 0 Å². The zero-order chi connectivity index (χ0) is 50.4. The van der Waals surface area contributed by atoms with Crippen molar-refractivity contribution in [1.29, 1.82) is 0 Å². The summed E-state index contributed by atoms with van der Waals surface area (Å²) >= 11 is 0. The van der Waals surface area contributed by atoms with Gasteiger partial charge in [0, 0.05) is 37.2 Å². The van der Waals surface area contributed by atoms with Gasteiger partial charge >= 0.3 is 23.9 Å². The minimum Gasteiger partial charge on any atom is -0.458 e. The highest BCUT2D eigenvalue weighted by Gasteiger charge is 2.77. The standard InChI is InChI=1S/C53H61NO15/c1-29-36(66-48(63)42(69-50(6,7)38(59)28-55)40(32-18-12-9-13-19-32)54-46(61)33-20-14-10-15-21-33)27-53(64)45(67-47(62)34-22-16-11-17-23-34)43-51(8,37(58)26-35-24-25-52(35,43)68-31(3)57)44(60)41(65-30(2)56)39(29)49(53,4)5/h9-23,35-37,40-43,45,55,58,64H,24-28H2,1-8H3,(H,54,61). The van der Waals surface area contributed by atoms with E-state index in [1.807, 2.05) is 0 Å². The van der Waals surface area contributed by atoms with Crippen molar-refractivity contribution in [2.75, 3.05) is 6.61 Å². The zero-order valence-electron chi connectivity index (χ0n) is 40.1. The number of carbonyl (C=O) groups is 7. The molecule has 4 N–H and O–H groups in total. The highest BCUT2D eigenvalue weighted by atomic mass is 16.6. The van der Waals surface area contributed by atoms with Gasteiger partial charge in [-0.2, -0.15) is 0 Å². The SMILES string of the molecule is CC(=O)OC1C(=O)C2(C)C(O)CC3CCC3(OC(C)=O)C2C(OC(=O)c2ccccc2)C2(O)CC(OC(=O)C(OC(C)(C)C(=O)CO)C(NC(=O)c3ccccc3)c3ccccc3)C(C)=C1C2(C)C. The molecule has 0 aromatic heterocycles. The Morgan fingerprint density at radius 2 is 1.41 bits per heavy atom. The number of ether oxygens (including phenoxy) is 5. The lowest BCUT2D eigenvalue weighted by Crippen LogP contribution is -2.78. The van der Waals surface area contributed by atoms with Crippen molar-refractivity contribution in [2.45, 2.75) is 134 Å². The molecule has 368 valence electrons. The Hall–Kier alpha value is -6.07. The summed E-state index contributed by atoms with van der Waals surface area (Å²) in [5, 5.41) is 39.1. The Morgan fingerprint density at radius 1 is 0.826 bits per heavy atom. The molecule has 3 aromatic carbocycles. The number of nitrogens with one attached hydrogen (secondary N) is 1. The molecule has 11 atom stereocenters. The van der Waals surface area contributed by atoms with E-state index in [0.29, 0.717) is 12.0 Å². The smallest absolute Gasteiger partial charge is 0.338 e. The number of rotatable bonds is 14. The quantitative estimate of drug-likeness (QED) is 0.0933. The van der Waals surface area contributed by atoms with Crippen LogP contribution in [0.25, 0.3) is 0 Å². The van der Waals surface area contributed by atoms with E-state index in [4.69, 9.17) is 23.7 Å². The average Bonchev–Trinajstić information content (AvgIpc) is 3.31. The fourth-order valence-corrected chi connectivity index (χ4v) is 11.4. The maximum absolute atomic E-state index is 15.7. The third-order valence-electron chi connectivity index (χ3n) is 15.3. The van der Waals surface area contributed by atoms with Crippen LogP contribution in [0.3, 0.4) is 0 Å². The fourth-order valence-electron chi connectivity index (χ4n) is 11.4. The number of esters is 4. The number of hydrogen-bond acceptors (Lipinski definition) is 15. The topological polar surface area (TPSA) is 238 Å². The molecule has 1 amide bonds. The van der Waals surface area contributed by atoms with Gasteiger partial charge in [0.25, 0.3) is 5.91 Å². The summed E-state index contributed by atoms with van der Waals surface area (Å²) in [6.07, 6.45) is -8.48. The first-order chi connectivity index (χ1) is 32.4. The van der Waals surface area contributed by atoms with Gasteiger partial charge in [-0.05, 0) is 87.9 Å². The third-order valence-corrected chi connectivity index (χ3v) is 15.3. The zero-order valence-corrected chi connectivity index (χ0v) is 40.1. The minimum atomic E-state index is -2.41. The summed E-state index contributed by atoms with van der Waals surface area (Å²) in [4.78, 5) is 99.0. The van der Waals surface area contributed by atoms with Crippen molar-refractivity contribution in [1.82, 2.24) is 5.32 Å². The maximum atomic E-state index is 15.7. The van der Waals surface area contributed by atoms with Gasteiger partial charge in [-0.3, -0.25) is 24.0 Å². The van der Waals surface area contributed by atoms with Crippen LogP contribution in [0.15, 0.2) is 102 Å². The molecule has 3 fully saturated rings. The van der Waals surface area contributed by atoms with E-state index in [2.05, 4.69) is 5.32 Å². The van der Waals surface area contributed by atoms with Gasteiger partial charge in [0.2, 0.25) is 0 Å². The number of hydrogen-bond donors (Lipinski definition) is 4. The Bertz CT molecular complexity index is 2520. The summed E-state index contributed by atoms with van der Waals surface area (Å²) in [6, 6.07) is 23.0. The van der Waals surface area contributed by atoms with Crippen LogP contribution in [0.2, 0.25) is 0 Å². The van der Waals surface area contributed by atoms with Crippen LogP contribution < -0.4 is 5.32 Å². The van der Waals surface area contributed by atoms with Crippen LogP contribution in [-0.2, 0) is 47.7 Å². The lowest BCUT2D eigenvalue weighted by atomic mass is 9.41. The van der Waals surface area contributed by atoms with Crippen molar-refractivity contribution in [3.63, 3.8) is 0 Å². The molecule has 16 heteroatoms. The largest absolute Gasteiger partial charge is 0.458 e. The second-order valence-corrected chi connectivity index (χ2v) is 20.0. The van der Waals surface area contributed by atoms with Crippen LogP contribution >= 0.6 is 0 Å². The number of aliphatic hydroxyl groups excluding tert-OH is 2. The molecule has 4 aliphatic carbocycles. The van der Waals surface area contributed by atoms with Crippen LogP contribution in [0.1, 0.15) is 113 Å². The van der Waals surface area contributed by atoms with Crippen molar-refractivity contribution in [3.8, 4) is 0 Å². The lowest BCUT2D eigenvalue weighted by Gasteiger charge is -2.68. The molecule has 3 aromatic rings. The summed E-state index contributed by atoms with van der Waals surface area (Å²) in [7, 11) is 0. The first-order valence-corrected chi connectivity index (χ1v) is 23.2. The van der Waals surface area contributed by atoms with E-state index in [1.165, 1.54) is 46.8 Å². The number of Topliss-reactive ketones (excluding diaryl/α,β-unsaturated/α-hetero) is 2. The predicted molar refractivity (Wildman–Crippen MR) is 246 cm³/mol. The molecule has 16 nitrogen and oxygen atoms in total. The second kappa shape index (κ2) is 19.0. The molecule has 69 heavy (non-hydrogen) atoms. The van der Waals surface area contributed by atoms with Gasteiger partial charge in [-0.25, -0.2) is 9.59 Å². The van der Waals surface area contributed by atoms with E-state index in [1.54, 1.807) is 92.7 Å². The van der Waals surface area contributed by atoms with Crippen molar-refractivity contribution in [3.05, 3.63) is 119 Å². The summed E-state index contributed by atoms with van der Waals surface area (Å²) in [6.45, 7) is 10.1. The number of ketones is 2. The Balaban J connectivity index is 1.44.